The molecule has 0 unspecified atom stereocenters. The average molecular weight is 665 g/mol. The average Bonchev–Trinajstić information content (AvgIpc) is 3.19. The van der Waals surface area contributed by atoms with E-state index >= 15 is 0 Å². The van der Waals surface area contributed by atoms with E-state index in [-0.39, 0.29) is 5.56 Å². The summed E-state index contributed by atoms with van der Waals surface area (Å²) in [7, 11) is 0. The maximum atomic E-state index is 14.8. The molecule has 0 atom stereocenters. The molecule has 1 heterocycles. The summed E-state index contributed by atoms with van der Waals surface area (Å²) in [6, 6.07) is 58.9. The number of aromatic nitrogens is 1. The van der Waals surface area contributed by atoms with E-state index in [9.17, 15) is 4.79 Å². The van der Waals surface area contributed by atoms with Gasteiger partial charge in [0.25, 0.3) is 5.56 Å². The van der Waals surface area contributed by atoms with Crippen molar-refractivity contribution >= 4 is 66.1 Å². The first-order chi connectivity index (χ1) is 25.5. The number of benzene rings is 9. The van der Waals surface area contributed by atoms with Crippen LogP contribution < -0.4 is 16.6 Å². The zero-order chi connectivity index (χ0) is 34.9. The third kappa shape index (κ3) is 4.64. The maximum absolute atomic E-state index is 14.8. The van der Waals surface area contributed by atoms with E-state index in [0.29, 0.717) is 22.1 Å². The topological polar surface area (TPSA) is 48.0 Å². The minimum absolute atomic E-state index is 0.148. The Labute approximate surface area is 300 Å². The van der Waals surface area contributed by atoms with Gasteiger partial charge in [0, 0.05) is 21.7 Å². The fourth-order valence-electron chi connectivity index (χ4n) is 8.01. The van der Waals surface area contributed by atoms with Crippen LogP contribution in [0.3, 0.4) is 0 Å². The lowest BCUT2D eigenvalue weighted by molar-refractivity contribution is 0.983. The third-order valence-electron chi connectivity index (χ3n) is 10.7. The minimum Gasteiger partial charge on any atom is -0.397 e. The summed E-state index contributed by atoms with van der Waals surface area (Å²) >= 11 is 0. The second-order valence-corrected chi connectivity index (χ2v) is 13.6. The van der Waals surface area contributed by atoms with Crippen molar-refractivity contribution in [2.24, 2.45) is 0 Å². The largest absolute Gasteiger partial charge is 0.397 e. The number of nitrogens with two attached hydrogens (primary N) is 1. The van der Waals surface area contributed by atoms with E-state index < -0.39 is 0 Å². The van der Waals surface area contributed by atoms with E-state index in [1.165, 1.54) is 16.2 Å². The zero-order valence-electron chi connectivity index (χ0n) is 28.3. The Morgan fingerprint density at radius 3 is 1.56 bits per heavy atom. The van der Waals surface area contributed by atoms with E-state index in [0.717, 1.165) is 65.7 Å². The Morgan fingerprint density at radius 1 is 0.423 bits per heavy atom. The van der Waals surface area contributed by atoms with Gasteiger partial charge in [-0.2, -0.15) is 0 Å². The molecule has 0 spiro atoms. The maximum Gasteiger partial charge on any atom is 0.263 e. The van der Waals surface area contributed by atoms with Crippen LogP contribution in [0.15, 0.2) is 175 Å². The zero-order valence-corrected chi connectivity index (χ0v) is 28.3. The van der Waals surface area contributed by atoms with Gasteiger partial charge in [0.1, 0.15) is 0 Å². The van der Waals surface area contributed by atoms with E-state index in [1.54, 1.807) is 4.57 Å². The molecule has 0 aliphatic carbocycles. The minimum atomic E-state index is -0.148. The molecule has 3 nitrogen and oxygen atoms in total. The van der Waals surface area contributed by atoms with E-state index in [2.05, 4.69) is 146 Å². The summed E-state index contributed by atoms with van der Waals surface area (Å²) in [5.41, 5.74) is 14.2. The Hall–Kier alpha value is -6.97. The standard InChI is InChI=1S/C49H32N2O/c1-30-41-23-24-42(38-21-18-32-10-3-6-13-35(32)26-38)43-15-8-16-44(47(41)43)49(52)51(30)46-29-40(37-20-17-31-9-2-5-12-34(31)25-37)28-45(48(46)50)39-22-19-33-11-4-7-14-36(33)27-39/h2-29H,1,50H2. The second kappa shape index (κ2) is 11.5. The fraction of sp³-hybridized carbons (Fsp3) is 0. The molecular formula is C49H32N2O. The SMILES string of the molecule is C=c1c2ccc(-c3ccc4ccccc4c3)c3cccc(c(=O)n1-c1cc(-c4ccc5ccccc5c4)cc(-c4ccc5ccccc5c4)c1N)c32. The molecule has 10 aromatic rings. The monoisotopic (exact) mass is 664 g/mol. The van der Waals surface area contributed by atoms with Gasteiger partial charge in [-0.05, 0) is 102 Å². The number of pyridine rings is 1. The predicted molar refractivity (Wildman–Crippen MR) is 221 cm³/mol. The Bertz CT molecular complexity index is 3160. The Morgan fingerprint density at radius 2 is 0.942 bits per heavy atom. The molecule has 3 heteroatoms. The van der Waals surface area contributed by atoms with Gasteiger partial charge in [0.2, 0.25) is 0 Å². The molecule has 0 bridgehead atoms. The first-order valence-corrected chi connectivity index (χ1v) is 17.5. The van der Waals surface area contributed by atoms with Crippen LogP contribution in [0.25, 0.3) is 99.5 Å². The number of fused-ring (bicyclic) bond motifs is 3. The lowest BCUT2D eigenvalue weighted by Crippen LogP contribution is -2.32. The molecule has 0 aliphatic rings. The summed E-state index contributed by atoms with van der Waals surface area (Å²) in [6.45, 7) is 4.57. The first kappa shape index (κ1) is 29.9. The smallest absolute Gasteiger partial charge is 0.263 e. The highest BCUT2D eigenvalue weighted by molar-refractivity contribution is 6.15. The van der Waals surface area contributed by atoms with Gasteiger partial charge in [-0.25, -0.2) is 0 Å². The number of rotatable bonds is 4. The van der Waals surface area contributed by atoms with Crippen LogP contribution in [0, 0.1) is 0 Å². The predicted octanol–water partition coefficient (Wildman–Crippen LogP) is 11.3. The number of anilines is 1. The van der Waals surface area contributed by atoms with Crippen molar-refractivity contribution in [1.29, 1.82) is 0 Å². The highest BCUT2D eigenvalue weighted by Crippen LogP contribution is 2.39. The molecule has 0 amide bonds. The highest BCUT2D eigenvalue weighted by Gasteiger charge is 2.20. The molecule has 0 radical (unpaired) electrons. The van der Waals surface area contributed by atoms with Gasteiger partial charge in [-0.15, -0.1) is 0 Å². The molecule has 1 aromatic heterocycles. The molecule has 0 aliphatic heterocycles. The molecule has 2 N–H and O–H groups in total. The summed E-state index contributed by atoms with van der Waals surface area (Å²) in [6.07, 6.45) is 0. The van der Waals surface area contributed by atoms with Crippen molar-refractivity contribution in [3.8, 4) is 39.1 Å². The summed E-state index contributed by atoms with van der Waals surface area (Å²) in [4.78, 5) is 14.8. The van der Waals surface area contributed by atoms with Crippen LogP contribution in [-0.4, -0.2) is 4.57 Å². The van der Waals surface area contributed by atoms with Crippen LogP contribution in [-0.2, 0) is 0 Å². The van der Waals surface area contributed by atoms with Gasteiger partial charge >= 0.3 is 0 Å². The molecule has 9 aromatic carbocycles. The van der Waals surface area contributed by atoms with Crippen molar-refractivity contribution in [3.05, 3.63) is 186 Å². The normalized spacial score (nSPS) is 11.7. The van der Waals surface area contributed by atoms with Crippen molar-refractivity contribution in [1.82, 2.24) is 4.57 Å². The summed E-state index contributed by atoms with van der Waals surface area (Å²) < 4.78 is 1.72. The van der Waals surface area contributed by atoms with Crippen LogP contribution in [0.2, 0.25) is 0 Å². The molecule has 10 rings (SSSR count). The second-order valence-electron chi connectivity index (χ2n) is 13.6. The van der Waals surface area contributed by atoms with Crippen LogP contribution >= 0.6 is 0 Å². The molecule has 52 heavy (non-hydrogen) atoms. The number of nitrogen functional groups attached to an aromatic ring is 1. The van der Waals surface area contributed by atoms with E-state index in [4.69, 9.17) is 5.73 Å². The quantitative estimate of drug-likeness (QED) is 0.190. The number of hydrogen-bond acceptors (Lipinski definition) is 2. The first-order valence-electron chi connectivity index (χ1n) is 17.5. The molecule has 244 valence electrons. The molecule has 0 fully saturated rings. The van der Waals surface area contributed by atoms with Crippen LogP contribution in [0.5, 0.6) is 0 Å². The number of hydrogen-bond donors (Lipinski definition) is 1. The molecule has 0 saturated heterocycles. The van der Waals surface area contributed by atoms with Gasteiger partial charge < -0.3 is 5.73 Å². The van der Waals surface area contributed by atoms with Gasteiger partial charge in [-0.3, -0.25) is 9.36 Å². The summed E-state index contributed by atoms with van der Waals surface area (Å²) in [5.74, 6) is 0. The Balaban J connectivity index is 1.24. The van der Waals surface area contributed by atoms with Gasteiger partial charge in [0.15, 0.2) is 0 Å². The molecular weight excluding hydrogens is 633 g/mol. The van der Waals surface area contributed by atoms with Gasteiger partial charge in [-0.1, -0.05) is 140 Å². The lowest BCUT2D eigenvalue weighted by Gasteiger charge is -2.20. The van der Waals surface area contributed by atoms with Crippen LogP contribution in [0.1, 0.15) is 0 Å². The fourth-order valence-corrected chi connectivity index (χ4v) is 8.01. The number of nitrogens with zero attached hydrogens (tertiary/aromatic N) is 1. The van der Waals surface area contributed by atoms with Gasteiger partial charge in [0.05, 0.1) is 16.7 Å². The third-order valence-corrected chi connectivity index (χ3v) is 10.7. The van der Waals surface area contributed by atoms with E-state index in [1.807, 2.05) is 30.3 Å². The lowest BCUT2D eigenvalue weighted by atomic mass is 9.92. The Kier molecular flexibility index (Phi) is 6.64. The van der Waals surface area contributed by atoms with Crippen molar-refractivity contribution < 1.29 is 0 Å². The van der Waals surface area contributed by atoms with Crippen LogP contribution in [0.4, 0.5) is 5.69 Å². The summed E-state index contributed by atoms with van der Waals surface area (Å²) in [5, 5.41) is 11.1. The molecule has 0 saturated carbocycles. The van der Waals surface area contributed by atoms with Crippen molar-refractivity contribution in [2.75, 3.05) is 5.73 Å². The van der Waals surface area contributed by atoms with Crippen molar-refractivity contribution in [3.63, 3.8) is 0 Å². The highest BCUT2D eigenvalue weighted by atomic mass is 16.1. The van der Waals surface area contributed by atoms with Crippen molar-refractivity contribution in [2.45, 2.75) is 0 Å².